The van der Waals surface area contributed by atoms with Gasteiger partial charge in [-0.3, -0.25) is 4.79 Å². The van der Waals surface area contributed by atoms with Gasteiger partial charge in [-0.25, -0.2) is 9.07 Å². The average Bonchev–Trinajstić information content (AvgIpc) is 3.05. The summed E-state index contributed by atoms with van der Waals surface area (Å²) in [5.41, 5.74) is 0.752. The van der Waals surface area contributed by atoms with Crippen LogP contribution in [0.2, 0.25) is 0 Å². The third kappa shape index (κ3) is 4.24. The molecule has 3 rings (SSSR count). The first kappa shape index (κ1) is 18.4. The van der Waals surface area contributed by atoms with Gasteiger partial charge in [0, 0.05) is 19.5 Å². The molecule has 0 bridgehead atoms. The second kappa shape index (κ2) is 8.35. The predicted molar refractivity (Wildman–Crippen MR) is 94.9 cm³/mol. The number of amides is 1. The fourth-order valence-corrected chi connectivity index (χ4v) is 3.62. The quantitative estimate of drug-likeness (QED) is 0.842. The maximum Gasteiger partial charge on any atom is 0.247 e. The normalized spacial score (nSPS) is 18.7. The summed E-state index contributed by atoms with van der Waals surface area (Å²) >= 11 is 0. The van der Waals surface area contributed by atoms with Crippen molar-refractivity contribution in [2.75, 3.05) is 26.7 Å². The van der Waals surface area contributed by atoms with Crippen molar-refractivity contribution in [1.29, 1.82) is 0 Å². The maximum atomic E-state index is 13.6. The monoisotopic (exact) mass is 360 g/mol. The molecule has 1 aromatic carbocycles. The minimum absolute atomic E-state index is 0.00883. The van der Waals surface area contributed by atoms with Crippen LogP contribution in [-0.4, -0.2) is 57.7 Å². The van der Waals surface area contributed by atoms with E-state index in [0.29, 0.717) is 18.2 Å². The molecule has 1 fully saturated rings. The van der Waals surface area contributed by atoms with Crippen LogP contribution in [0.1, 0.15) is 30.3 Å². The molecule has 0 saturated carbocycles. The lowest BCUT2D eigenvalue weighted by Crippen LogP contribution is -2.46. The van der Waals surface area contributed by atoms with Crippen molar-refractivity contribution in [2.45, 2.75) is 32.2 Å². The number of likely N-dealkylation sites (tertiary alicyclic amines) is 1. The Bertz CT molecular complexity index is 747. The highest BCUT2D eigenvalue weighted by atomic mass is 19.1. The van der Waals surface area contributed by atoms with Gasteiger partial charge in [0.15, 0.2) is 0 Å². The van der Waals surface area contributed by atoms with Gasteiger partial charge in [0.05, 0.1) is 0 Å². The number of carbonyl (C=O) groups excluding carboxylic acids is 1. The van der Waals surface area contributed by atoms with Crippen LogP contribution in [0.3, 0.4) is 0 Å². The first-order chi connectivity index (χ1) is 12.6. The van der Waals surface area contributed by atoms with Crippen LogP contribution in [0, 0.1) is 18.7 Å². The van der Waals surface area contributed by atoms with E-state index in [0.717, 1.165) is 38.0 Å². The van der Waals surface area contributed by atoms with Gasteiger partial charge >= 0.3 is 0 Å². The molecule has 26 heavy (non-hydrogen) atoms. The Labute approximate surface area is 152 Å². The molecule has 1 aliphatic heterocycles. The summed E-state index contributed by atoms with van der Waals surface area (Å²) in [6, 6.07) is 5.77. The second-order valence-electron chi connectivity index (χ2n) is 6.87. The first-order valence-corrected chi connectivity index (χ1v) is 9.00. The van der Waals surface area contributed by atoms with Crippen LogP contribution in [0.4, 0.5) is 4.39 Å². The SMILES string of the molecule is CNCC1CCCN(C(=O)C(Cc2cccc(F)c2)n2nnnc2C)C1. The van der Waals surface area contributed by atoms with Crippen molar-refractivity contribution in [1.82, 2.24) is 30.4 Å². The smallest absolute Gasteiger partial charge is 0.247 e. The number of aromatic nitrogens is 4. The molecule has 8 heteroatoms. The minimum Gasteiger partial charge on any atom is -0.341 e. The molecule has 0 radical (unpaired) electrons. The maximum absolute atomic E-state index is 13.6. The number of piperidine rings is 1. The third-order valence-electron chi connectivity index (χ3n) is 4.88. The fourth-order valence-electron chi connectivity index (χ4n) is 3.62. The second-order valence-corrected chi connectivity index (χ2v) is 6.87. The Morgan fingerprint density at radius 2 is 2.31 bits per heavy atom. The molecule has 2 atom stereocenters. The van der Waals surface area contributed by atoms with E-state index in [1.54, 1.807) is 17.7 Å². The van der Waals surface area contributed by atoms with Crippen molar-refractivity contribution < 1.29 is 9.18 Å². The van der Waals surface area contributed by atoms with E-state index in [1.165, 1.54) is 12.1 Å². The van der Waals surface area contributed by atoms with Crippen LogP contribution < -0.4 is 5.32 Å². The van der Waals surface area contributed by atoms with Crippen molar-refractivity contribution >= 4 is 5.91 Å². The standard InChI is InChI=1S/C18H25FN6O/c1-13-21-22-23-25(13)17(10-14-5-3-7-16(19)9-14)18(26)24-8-4-6-15(12-24)11-20-2/h3,5,7,9,15,17,20H,4,6,8,10-12H2,1-2H3. The molecule has 1 amide bonds. The lowest BCUT2D eigenvalue weighted by molar-refractivity contribution is -0.137. The number of nitrogens with zero attached hydrogens (tertiary/aromatic N) is 5. The van der Waals surface area contributed by atoms with Gasteiger partial charge in [0.1, 0.15) is 17.7 Å². The Morgan fingerprint density at radius 1 is 1.46 bits per heavy atom. The number of carbonyl (C=O) groups is 1. The Morgan fingerprint density at radius 3 is 3.00 bits per heavy atom. The zero-order valence-corrected chi connectivity index (χ0v) is 15.2. The Kier molecular flexibility index (Phi) is 5.92. The number of hydrogen-bond donors (Lipinski definition) is 1. The number of tetrazole rings is 1. The van der Waals surface area contributed by atoms with Gasteiger partial charge in [0.25, 0.3) is 0 Å². The summed E-state index contributed by atoms with van der Waals surface area (Å²) in [7, 11) is 1.93. The van der Waals surface area contributed by atoms with Crippen molar-refractivity contribution in [3.05, 3.63) is 41.5 Å². The Hall–Kier alpha value is -2.35. The molecule has 7 nitrogen and oxygen atoms in total. The molecule has 1 N–H and O–H groups in total. The average molecular weight is 360 g/mol. The van der Waals surface area contributed by atoms with E-state index >= 15 is 0 Å². The van der Waals surface area contributed by atoms with Crippen LogP contribution in [-0.2, 0) is 11.2 Å². The number of benzene rings is 1. The zero-order valence-electron chi connectivity index (χ0n) is 15.2. The summed E-state index contributed by atoms with van der Waals surface area (Å²) in [5.74, 6) is 0.700. The molecule has 2 heterocycles. The van der Waals surface area contributed by atoms with Crippen LogP contribution >= 0.6 is 0 Å². The number of hydrogen-bond acceptors (Lipinski definition) is 5. The summed E-state index contributed by atoms with van der Waals surface area (Å²) in [6.45, 7) is 4.12. The number of aryl methyl sites for hydroxylation is 1. The predicted octanol–water partition coefficient (Wildman–Crippen LogP) is 1.36. The van der Waals surface area contributed by atoms with Gasteiger partial charge in [-0.15, -0.1) is 5.10 Å². The summed E-state index contributed by atoms with van der Waals surface area (Å²) < 4.78 is 15.1. The Balaban J connectivity index is 1.83. The van der Waals surface area contributed by atoms with Crippen LogP contribution in [0.15, 0.2) is 24.3 Å². The lowest BCUT2D eigenvalue weighted by atomic mass is 9.96. The van der Waals surface area contributed by atoms with Crippen molar-refractivity contribution in [3.63, 3.8) is 0 Å². The lowest BCUT2D eigenvalue weighted by Gasteiger charge is -2.35. The number of halogens is 1. The van der Waals surface area contributed by atoms with Crippen LogP contribution in [0.5, 0.6) is 0 Å². The van der Waals surface area contributed by atoms with Crippen molar-refractivity contribution in [3.8, 4) is 0 Å². The summed E-state index contributed by atoms with van der Waals surface area (Å²) in [6.07, 6.45) is 2.46. The summed E-state index contributed by atoms with van der Waals surface area (Å²) in [4.78, 5) is 15.2. The van der Waals surface area contributed by atoms with Gasteiger partial charge in [-0.2, -0.15) is 0 Å². The zero-order chi connectivity index (χ0) is 18.5. The number of rotatable bonds is 6. The van der Waals surface area contributed by atoms with Crippen molar-refractivity contribution in [2.24, 2.45) is 5.92 Å². The molecule has 0 spiro atoms. The fraction of sp³-hybridized carbons (Fsp3) is 0.556. The molecule has 140 valence electrons. The molecule has 1 saturated heterocycles. The molecule has 1 aliphatic rings. The van der Waals surface area contributed by atoms with E-state index in [1.807, 2.05) is 18.0 Å². The van der Waals surface area contributed by atoms with E-state index < -0.39 is 6.04 Å². The van der Waals surface area contributed by atoms with Gasteiger partial charge in [-0.1, -0.05) is 12.1 Å². The van der Waals surface area contributed by atoms with E-state index in [4.69, 9.17) is 0 Å². The van der Waals surface area contributed by atoms with E-state index in [-0.39, 0.29) is 11.7 Å². The first-order valence-electron chi connectivity index (χ1n) is 9.00. The molecule has 1 aromatic heterocycles. The molecular formula is C18H25FN6O. The molecule has 0 aliphatic carbocycles. The highest BCUT2D eigenvalue weighted by Crippen LogP contribution is 2.23. The largest absolute Gasteiger partial charge is 0.341 e. The highest BCUT2D eigenvalue weighted by Gasteiger charge is 2.31. The molecule has 2 aromatic rings. The topological polar surface area (TPSA) is 75.9 Å². The number of nitrogens with one attached hydrogen (secondary N) is 1. The van der Waals surface area contributed by atoms with E-state index in [2.05, 4.69) is 20.8 Å². The molecule has 2 unspecified atom stereocenters. The van der Waals surface area contributed by atoms with Gasteiger partial charge in [-0.05, 0) is 67.4 Å². The van der Waals surface area contributed by atoms with Gasteiger partial charge in [0.2, 0.25) is 5.91 Å². The third-order valence-corrected chi connectivity index (χ3v) is 4.88. The highest BCUT2D eigenvalue weighted by molar-refractivity contribution is 5.81. The van der Waals surface area contributed by atoms with E-state index in [9.17, 15) is 9.18 Å². The minimum atomic E-state index is -0.569. The van der Waals surface area contributed by atoms with Gasteiger partial charge < -0.3 is 10.2 Å². The molecular weight excluding hydrogens is 335 g/mol. The summed E-state index contributed by atoms with van der Waals surface area (Å²) in [5, 5.41) is 14.8. The van der Waals surface area contributed by atoms with Crippen LogP contribution in [0.25, 0.3) is 0 Å².